The number of rotatable bonds is 5. The molecule has 0 saturated carbocycles. The van der Waals surface area contributed by atoms with Crippen LogP contribution in [-0.2, 0) is 17.6 Å². The van der Waals surface area contributed by atoms with Crippen molar-refractivity contribution in [2.24, 2.45) is 5.92 Å². The topological polar surface area (TPSA) is 42.4 Å². The number of aliphatic hydroxyl groups excluding tert-OH is 1. The summed E-state index contributed by atoms with van der Waals surface area (Å²) in [6.45, 7) is 1.75. The number of thiazole rings is 1. The van der Waals surface area contributed by atoms with Gasteiger partial charge in [-0.3, -0.25) is 0 Å². The Balaban J connectivity index is 1.59. The van der Waals surface area contributed by atoms with E-state index in [1.165, 1.54) is 0 Å². The standard InChI is InChI=1S/C16H19NO2S/c18-15(13-4-2-1-3-5-13)9-14-11-20-16(17-14)8-12-6-7-19-10-12/h1-5,11-12,15,18H,6-10H2. The minimum Gasteiger partial charge on any atom is -0.388 e. The molecule has 0 amide bonds. The summed E-state index contributed by atoms with van der Waals surface area (Å²) in [6.07, 6.45) is 2.26. The molecule has 0 bridgehead atoms. The fourth-order valence-corrected chi connectivity index (χ4v) is 3.44. The Morgan fingerprint density at radius 2 is 2.20 bits per heavy atom. The number of hydrogen-bond donors (Lipinski definition) is 1. The van der Waals surface area contributed by atoms with Gasteiger partial charge in [-0.15, -0.1) is 11.3 Å². The summed E-state index contributed by atoms with van der Waals surface area (Å²) in [5, 5.41) is 13.4. The van der Waals surface area contributed by atoms with Gasteiger partial charge < -0.3 is 9.84 Å². The minimum absolute atomic E-state index is 0.471. The Labute approximate surface area is 123 Å². The molecule has 1 aromatic heterocycles. The first-order valence-electron chi connectivity index (χ1n) is 7.05. The third-order valence-electron chi connectivity index (χ3n) is 3.67. The first kappa shape index (κ1) is 13.7. The Morgan fingerprint density at radius 3 is 2.95 bits per heavy atom. The van der Waals surface area contributed by atoms with Gasteiger partial charge in [0.1, 0.15) is 0 Å². The quantitative estimate of drug-likeness (QED) is 0.920. The fourth-order valence-electron chi connectivity index (χ4n) is 2.52. The highest BCUT2D eigenvalue weighted by atomic mass is 32.1. The van der Waals surface area contributed by atoms with Crippen molar-refractivity contribution in [2.45, 2.75) is 25.4 Å². The minimum atomic E-state index is -0.471. The van der Waals surface area contributed by atoms with E-state index in [1.807, 2.05) is 30.3 Å². The first-order valence-corrected chi connectivity index (χ1v) is 7.93. The molecule has 106 valence electrons. The summed E-state index contributed by atoms with van der Waals surface area (Å²) < 4.78 is 5.40. The summed E-state index contributed by atoms with van der Waals surface area (Å²) in [4.78, 5) is 4.64. The van der Waals surface area contributed by atoms with Gasteiger partial charge in [0.15, 0.2) is 0 Å². The van der Waals surface area contributed by atoms with Gasteiger partial charge >= 0.3 is 0 Å². The lowest BCUT2D eigenvalue weighted by molar-refractivity contribution is 0.177. The van der Waals surface area contributed by atoms with Crippen molar-refractivity contribution >= 4 is 11.3 Å². The molecule has 0 radical (unpaired) electrons. The van der Waals surface area contributed by atoms with Crippen LogP contribution in [-0.4, -0.2) is 23.3 Å². The second kappa shape index (κ2) is 6.48. The van der Waals surface area contributed by atoms with E-state index in [2.05, 4.69) is 10.4 Å². The lowest BCUT2D eigenvalue weighted by Gasteiger charge is -2.08. The molecule has 3 rings (SSSR count). The summed E-state index contributed by atoms with van der Waals surface area (Å²) >= 11 is 1.70. The Kier molecular flexibility index (Phi) is 4.45. The smallest absolute Gasteiger partial charge is 0.0931 e. The molecule has 2 atom stereocenters. The number of aromatic nitrogens is 1. The third-order valence-corrected chi connectivity index (χ3v) is 4.59. The maximum absolute atomic E-state index is 10.2. The SMILES string of the molecule is OC(Cc1csc(CC2CCOC2)n1)c1ccccc1. The number of ether oxygens (including phenoxy) is 1. The average molecular weight is 289 g/mol. The molecule has 2 aromatic rings. The molecule has 3 nitrogen and oxygen atoms in total. The van der Waals surface area contributed by atoms with Crippen LogP contribution in [0.5, 0.6) is 0 Å². The molecule has 1 fully saturated rings. The molecule has 1 aliphatic heterocycles. The van der Waals surface area contributed by atoms with E-state index in [0.29, 0.717) is 12.3 Å². The van der Waals surface area contributed by atoms with Crippen molar-refractivity contribution in [1.29, 1.82) is 0 Å². The molecule has 0 spiro atoms. The molecule has 0 aliphatic carbocycles. The molecular weight excluding hydrogens is 270 g/mol. The van der Waals surface area contributed by atoms with Gasteiger partial charge in [-0.25, -0.2) is 4.98 Å². The monoisotopic (exact) mass is 289 g/mol. The van der Waals surface area contributed by atoms with Gasteiger partial charge in [-0.05, 0) is 17.9 Å². The predicted molar refractivity (Wildman–Crippen MR) is 79.8 cm³/mol. The van der Waals surface area contributed by atoms with Gasteiger partial charge in [-0.1, -0.05) is 30.3 Å². The summed E-state index contributed by atoms with van der Waals surface area (Å²) in [6, 6.07) is 9.76. The van der Waals surface area contributed by atoms with E-state index in [-0.39, 0.29) is 0 Å². The van der Waals surface area contributed by atoms with Crippen LogP contribution in [0.1, 0.15) is 28.8 Å². The Hall–Kier alpha value is -1.23. The van der Waals surface area contributed by atoms with Crippen LogP contribution in [0.25, 0.3) is 0 Å². The van der Waals surface area contributed by atoms with Gasteiger partial charge in [0.25, 0.3) is 0 Å². The largest absolute Gasteiger partial charge is 0.388 e. The molecule has 20 heavy (non-hydrogen) atoms. The van der Waals surface area contributed by atoms with Crippen LogP contribution in [0.2, 0.25) is 0 Å². The van der Waals surface area contributed by atoms with Crippen molar-refractivity contribution < 1.29 is 9.84 Å². The predicted octanol–water partition coefficient (Wildman–Crippen LogP) is 3.00. The highest BCUT2D eigenvalue weighted by Crippen LogP contribution is 2.23. The number of benzene rings is 1. The van der Waals surface area contributed by atoms with Crippen LogP contribution in [0.4, 0.5) is 0 Å². The lowest BCUT2D eigenvalue weighted by Crippen LogP contribution is -2.04. The Bertz CT molecular complexity index is 534. The number of nitrogens with zero attached hydrogens (tertiary/aromatic N) is 1. The Morgan fingerprint density at radius 1 is 1.35 bits per heavy atom. The van der Waals surface area contributed by atoms with Gasteiger partial charge in [0.05, 0.1) is 16.8 Å². The fraction of sp³-hybridized carbons (Fsp3) is 0.438. The molecule has 1 N–H and O–H groups in total. The maximum Gasteiger partial charge on any atom is 0.0931 e. The maximum atomic E-state index is 10.2. The van der Waals surface area contributed by atoms with E-state index >= 15 is 0 Å². The first-order chi connectivity index (χ1) is 9.81. The zero-order valence-corrected chi connectivity index (χ0v) is 12.2. The van der Waals surface area contributed by atoms with Crippen LogP contribution < -0.4 is 0 Å². The summed E-state index contributed by atoms with van der Waals surface area (Å²) in [7, 11) is 0. The second-order valence-corrected chi connectivity index (χ2v) is 6.24. The third kappa shape index (κ3) is 3.45. The number of aliphatic hydroxyl groups is 1. The second-order valence-electron chi connectivity index (χ2n) is 5.30. The van der Waals surface area contributed by atoms with Crippen LogP contribution >= 0.6 is 11.3 Å². The summed E-state index contributed by atoms with van der Waals surface area (Å²) in [5.74, 6) is 0.619. The van der Waals surface area contributed by atoms with Gasteiger partial charge in [0, 0.05) is 31.4 Å². The van der Waals surface area contributed by atoms with Crippen LogP contribution in [0, 0.1) is 5.92 Å². The normalized spacial score (nSPS) is 20.1. The van der Waals surface area contributed by atoms with Crippen molar-refractivity contribution in [3.05, 3.63) is 52.0 Å². The van der Waals surface area contributed by atoms with Crippen molar-refractivity contribution in [1.82, 2.24) is 4.98 Å². The van der Waals surface area contributed by atoms with Gasteiger partial charge in [0.2, 0.25) is 0 Å². The molecule has 4 heteroatoms. The van der Waals surface area contributed by atoms with E-state index in [4.69, 9.17) is 4.74 Å². The molecular formula is C16H19NO2S. The molecule has 2 heterocycles. The van der Waals surface area contributed by atoms with Crippen molar-refractivity contribution in [2.75, 3.05) is 13.2 Å². The van der Waals surface area contributed by atoms with E-state index < -0.39 is 6.10 Å². The van der Waals surface area contributed by atoms with E-state index in [9.17, 15) is 5.11 Å². The molecule has 1 aromatic carbocycles. The van der Waals surface area contributed by atoms with Crippen LogP contribution in [0.15, 0.2) is 35.7 Å². The molecule has 2 unspecified atom stereocenters. The van der Waals surface area contributed by atoms with E-state index in [0.717, 1.165) is 42.3 Å². The summed E-state index contributed by atoms with van der Waals surface area (Å²) in [5.41, 5.74) is 1.94. The highest BCUT2D eigenvalue weighted by Gasteiger charge is 2.18. The molecule has 1 aliphatic rings. The van der Waals surface area contributed by atoms with E-state index in [1.54, 1.807) is 11.3 Å². The number of hydrogen-bond acceptors (Lipinski definition) is 4. The zero-order valence-electron chi connectivity index (χ0n) is 11.4. The van der Waals surface area contributed by atoms with Crippen LogP contribution in [0.3, 0.4) is 0 Å². The lowest BCUT2D eigenvalue weighted by atomic mass is 10.1. The highest BCUT2D eigenvalue weighted by molar-refractivity contribution is 7.09. The molecule has 1 saturated heterocycles. The van der Waals surface area contributed by atoms with Gasteiger partial charge in [-0.2, -0.15) is 0 Å². The average Bonchev–Trinajstić information content (AvgIpc) is 3.12. The zero-order chi connectivity index (χ0) is 13.8. The van der Waals surface area contributed by atoms with Crippen molar-refractivity contribution in [3.8, 4) is 0 Å². The van der Waals surface area contributed by atoms with Crippen molar-refractivity contribution in [3.63, 3.8) is 0 Å².